The van der Waals surface area contributed by atoms with Gasteiger partial charge in [0.15, 0.2) is 0 Å². The number of hydrogen-bond acceptors (Lipinski definition) is 2. The maximum Gasteiger partial charge on any atom is 0.271 e. The van der Waals surface area contributed by atoms with E-state index in [1.807, 2.05) is 37.3 Å². The highest BCUT2D eigenvalue weighted by molar-refractivity contribution is 5.94. The predicted molar refractivity (Wildman–Crippen MR) is 75.9 cm³/mol. The van der Waals surface area contributed by atoms with Crippen LogP contribution in [-0.2, 0) is 5.41 Å². The molecule has 0 atom stereocenters. The lowest BCUT2D eigenvalue weighted by Crippen LogP contribution is -2.18. The summed E-state index contributed by atoms with van der Waals surface area (Å²) in [4.78, 5) is 11.7. The second-order valence-electron chi connectivity index (χ2n) is 5.07. The minimum atomic E-state index is -0.198. The van der Waals surface area contributed by atoms with E-state index >= 15 is 0 Å². The summed E-state index contributed by atoms with van der Waals surface area (Å²) < 4.78 is 0. The zero-order chi connectivity index (χ0) is 13.6. The topological polar surface area (TPSA) is 41.5 Å². The molecule has 0 radical (unpaired) electrons. The molecule has 96 valence electrons. The van der Waals surface area contributed by atoms with Crippen LogP contribution in [0.3, 0.4) is 0 Å². The quantitative estimate of drug-likeness (QED) is 0.643. The van der Waals surface area contributed by atoms with Gasteiger partial charge in [-0.2, -0.15) is 5.10 Å². The summed E-state index contributed by atoms with van der Waals surface area (Å²) in [6.45, 7) is 8.31. The lowest BCUT2D eigenvalue weighted by Gasteiger charge is -2.18. The summed E-state index contributed by atoms with van der Waals surface area (Å²) in [6, 6.07) is 7.59. The Morgan fingerprint density at radius 1 is 1.22 bits per heavy atom. The van der Waals surface area contributed by atoms with Crippen molar-refractivity contribution in [2.45, 2.75) is 33.1 Å². The van der Waals surface area contributed by atoms with Crippen LogP contribution in [-0.4, -0.2) is 12.1 Å². The van der Waals surface area contributed by atoms with Crippen LogP contribution < -0.4 is 5.43 Å². The highest BCUT2D eigenvalue weighted by atomic mass is 16.2. The van der Waals surface area contributed by atoms with Crippen molar-refractivity contribution in [2.75, 3.05) is 0 Å². The molecule has 18 heavy (non-hydrogen) atoms. The van der Waals surface area contributed by atoms with E-state index in [1.165, 1.54) is 5.56 Å². The van der Waals surface area contributed by atoms with Gasteiger partial charge >= 0.3 is 0 Å². The van der Waals surface area contributed by atoms with Gasteiger partial charge in [-0.25, -0.2) is 5.43 Å². The van der Waals surface area contributed by atoms with Gasteiger partial charge in [-0.05, 0) is 36.1 Å². The molecular weight excluding hydrogens is 224 g/mol. The molecule has 3 nitrogen and oxygen atoms in total. The van der Waals surface area contributed by atoms with Crippen molar-refractivity contribution in [3.05, 3.63) is 47.5 Å². The Bertz CT molecular complexity index is 450. The van der Waals surface area contributed by atoms with Crippen molar-refractivity contribution in [3.63, 3.8) is 0 Å². The third-order valence-corrected chi connectivity index (χ3v) is 2.53. The molecule has 1 rings (SSSR count). The Balaban J connectivity index is 2.71. The van der Waals surface area contributed by atoms with Crippen molar-refractivity contribution in [2.24, 2.45) is 5.10 Å². The molecule has 0 spiro atoms. The Hall–Kier alpha value is -1.90. The average molecular weight is 244 g/mol. The smallest absolute Gasteiger partial charge is 0.267 e. The van der Waals surface area contributed by atoms with Crippen LogP contribution in [0.1, 0.15) is 43.6 Å². The average Bonchev–Trinajstić information content (AvgIpc) is 2.33. The summed E-state index contributed by atoms with van der Waals surface area (Å²) in [6.07, 6.45) is 5.14. The fraction of sp³-hybridized carbons (Fsp3) is 0.333. The number of nitrogens with zero attached hydrogens (tertiary/aromatic N) is 1. The summed E-state index contributed by atoms with van der Waals surface area (Å²) in [7, 11) is 0. The lowest BCUT2D eigenvalue weighted by atomic mass is 9.87. The van der Waals surface area contributed by atoms with Gasteiger partial charge in [-0.1, -0.05) is 39.0 Å². The number of carbonyl (C=O) groups excluding carboxylic acids is 1. The largest absolute Gasteiger partial charge is 0.271 e. The molecule has 0 saturated heterocycles. The molecule has 0 saturated carbocycles. The van der Waals surface area contributed by atoms with Crippen LogP contribution in [0, 0.1) is 0 Å². The zero-order valence-electron chi connectivity index (χ0n) is 11.4. The highest BCUT2D eigenvalue weighted by Crippen LogP contribution is 2.22. The van der Waals surface area contributed by atoms with Gasteiger partial charge in [0.05, 0.1) is 0 Å². The Morgan fingerprint density at radius 2 is 1.83 bits per heavy atom. The van der Waals surface area contributed by atoms with Crippen LogP contribution in [0.25, 0.3) is 0 Å². The SMILES string of the molecule is C/C=C/C=N/NC(=O)c1ccc(C(C)(C)C)cc1. The first-order valence-corrected chi connectivity index (χ1v) is 6.00. The van der Waals surface area contributed by atoms with Crippen LogP contribution in [0.2, 0.25) is 0 Å². The van der Waals surface area contributed by atoms with Crippen molar-refractivity contribution in [1.29, 1.82) is 0 Å². The first-order valence-electron chi connectivity index (χ1n) is 6.00. The number of carbonyl (C=O) groups is 1. The van der Waals surface area contributed by atoms with E-state index in [0.717, 1.165) is 0 Å². The Labute approximate surface area is 109 Å². The standard InChI is InChI=1S/C15H20N2O/c1-5-6-11-16-17-14(18)12-7-9-13(10-8-12)15(2,3)4/h5-11H,1-4H3,(H,17,18)/b6-5+,16-11+. The number of nitrogens with one attached hydrogen (secondary N) is 1. The molecule has 0 bridgehead atoms. The van der Waals surface area contributed by atoms with Gasteiger partial charge < -0.3 is 0 Å². The van der Waals surface area contributed by atoms with Crippen molar-refractivity contribution >= 4 is 12.1 Å². The molecule has 3 heteroatoms. The lowest BCUT2D eigenvalue weighted by molar-refractivity contribution is 0.0955. The first-order chi connectivity index (χ1) is 8.45. The van der Waals surface area contributed by atoms with E-state index in [4.69, 9.17) is 0 Å². The van der Waals surface area contributed by atoms with Crippen LogP contribution in [0.5, 0.6) is 0 Å². The summed E-state index contributed by atoms with van der Waals surface area (Å²) >= 11 is 0. The van der Waals surface area contributed by atoms with E-state index in [2.05, 4.69) is 31.3 Å². The summed E-state index contributed by atoms with van der Waals surface area (Å²) in [5.41, 5.74) is 4.38. The third kappa shape index (κ3) is 4.17. The third-order valence-electron chi connectivity index (χ3n) is 2.53. The van der Waals surface area contributed by atoms with Crippen LogP contribution >= 0.6 is 0 Å². The van der Waals surface area contributed by atoms with Crippen molar-refractivity contribution in [3.8, 4) is 0 Å². The van der Waals surface area contributed by atoms with Gasteiger partial charge in [0.2, 0.25) is 0 Å². The van der Waals surface area contributed by atoms with Crippen LogP contribution in [0.15, 0.2) is 41.5 Å². The maximum atomic E-state index is 11.7. The molecule has 0 aliphatic heterocycles. The van der Waals surface area contributed by atoms with E-state index in [1.54, 1.807) is 12.3 Å². The van der Waals surface area contributed by atoms with E-state index in [9.17, 15) is 4.79 Å². The molecular formula is C15H20N2O. The molecule has 0 aliphatic carbocycles. The molecule has 1 aromatic rings. The maximum absolute atomic E-state index is 11.7. The van der Waals surface area contributed by atoms with Gasteiger partial charge in [0.1, 0.15) is 0 Å². The van der Waals surface area contributed by atoms with Crippen LogP contribution in [0.4, 0.5) is 0 Å². The number of rotatable bonds is 3. The van der Waals surface area contributed by atoms with Crippen molar-refractivity contribution < 1.29 is 4.79 Å². The molecule has 0 fully saturated rings. The predicted octanol–water partition coefficient (Wildman–Crippen LogP) is 3.28. The first kappa shape index (κ1) is 14.2. The van der Waals surface area contributed by atoms with Gasteiger partial charge in [0, 0.05) is 11.8 Å². The second kappa shape index (κ2) is 6.15. The van der Waals surface area contributed by atoms with E-state index < -0.39 is 0 Å². The molecule has 1 aromatic carbocycles. The Morgan fingerprint density at radius 3 is 2.33 bits per heavy atom. The minimum absolute atomic E-state index is 0.0963. The van der Waals surface area contributed by atoms with E-state index in [-0.39, 0.29) is 11.3 Å². The molecule has 1 N–H and O–H groups in total. The van der Waals surface area contributed by atoms with Crippen molar-refractivity contribution in [1.82, 2.24) is 5.43 Å². The molecule has 0 aliphatic rings. The number of benzene rings is 1. The number of hydrazone groups is 1. The summed E-state index contributed by atoms with van der Waals surface area (Å²) in [5.74, 6) is -0.198. The minimum Gasteiger partial charge on any atom is -0.267 e. The summed E-state index contributed by atoms with van der Waals surface area (Å²) in [5, 5.41) is 3.80. The monoisotopic (exact) mass is 244 g/mol. The number of amides is 1. The van der Waals surface area contributed by atoms with Gasteiger partial charge in [-0.3, -0.25) is 4.79 Å². The fourth-order valence-corrected chi connectivity index (χ4v) is 1.41. The second-order valence-corrected chi connectivity index (χ2v) is 5.07. The normalized spacial score (nSPS) is 12.2. The molecule has 0 unspecified atom stereocenters. The Kier molecular flexibility index (Phi) is 4.84. The number of hydrogen-bond donors (Lipinski definition) is 1. The highest BCUT2D eigenvalue weighted by Gasteiger charge is 2.13. The zero-order valence-corrected chi connectivity index (χ0v) is 11.4. The van der Waals surface area contributed by atoms with Gasteiger partial charge in [0.25, 0.3) is 5.91 Å². The molecule has 0 aromatic heterocycles. The number of allylic oxidation sites excluding steroid dienone is 2. The van der Waals surface area contributed by atoms with Gasteiger partial charge in [-0.15, -0.1) is 0 Å². The molecule has 0 heterocycles. The fourth-order valence-electron chi connectivity index (χ4n) is 1.41. The molecule has 1 amide bonds. The van der Waals surface area contributed by atoms with E-state index in [0.29, 0.717) is 5.56 Å².